The fraction of sp³-hybridized carbons (Fsp3) is 0.571. The molecule has 0 spiro atoms. The Morgan fingerprint density at radius 3 is 2.67 bits per heavy atom. The van der Waals surface area contributed by atoms with E-state index >= 15 is 0 Å². The van der Waals surface area contributed by atoms with Gasteiger partial charge in [0.25, 0.3) is 0 Å². The number of carboxylic acids is 1. The van der Waals surface area contributed by atoms with Crippen molar-refractivity contribution in [2.45, 2.75) is 31.7 Å². The molecule has 0 bridgehead atoms. The lowest BCUT2D eigenvalue weighted by molar-refractivity contribution is -0.143. The molecule has 0 saturated heterocycles. The van der Waals surface area contributed by atoms with Crippen LogP contribution in [0.1, 0.15) is 37.3 Å². The van der Waals surface area contributed by atoms with E-state index in [1.165, 1.54) is 5.56 Å². The van der Waals surface area contributed by atoms with Crippen molar-refractivity contribution >= 4 is 5.97 Å². The van der Waals surface area contributed by atoms with Crippen molar-refractivity contribution < 1.29 is 9.90 Å². The van der Waals surface area contributed by atoms with Crippen LogP contribution in [0.3, 0.4) is 0 Å². The zero-order valence-corrected chi connectivity index (χ0v) is 10.7. The SMILES string of the molecule is CNC(c1cccnc1)C1CCC(C(=O)O)CC1. The second kappa shape index (κ2) is 5.96. The van der Waals surface area contributed by atoms with Crippen molar-refractivity contribution in [3.8, 4) is 0 Å². The molecule has 1 fully saturated rings. The highest BCUT2D eigenvalue weighted by Gasteiger charge is 2.30. The maximum Gasteiger partial charge on any atom is 0.306 e. The van der Waals surface area contributed by atoms with Gasteiger partial charge in [-0.2, -0.15) is 0 Å². The molecule has 1 atom stereocenters. The third kappa shape index (κ3) is 2.88. The third-order valence-electron chi connectivity index (χ3n) is 3.95. The van der Waals surface area contributed by atoms with E-state index in [2.05, 4.69) is 16.4 Å². The molecule has 0 amide bonds. The van der Waals surface area contributed by atoms with Gasteiger partial charge in [-0.25, -0.2) is 0 Å². The van der Waals surface area contributed by atoms with Crippen molar-refractivity contribution in [3.63, 3.8) is 0 Å². The summed E-state index contributed by atoms with van der Waals surface area (Å²) in [5, 5.41) is 12.4. The Labute approximate surface area is 107 Å². The van der Waals surface area contributed by atoms with Gasteiger partial charge >= 0.3 is 5.97 Å². The lowest BCUT2D eigenvalue weighted by Gasteiger charge is -2.32. The molecule has 0 aromatic carbocycles. The summed E-state index contributed by atoms with van der Waals surface area (Å²) in [6.45, 7) is 0. The molecule has 2 N–H and O–H groups in total. The maximum atomic E-state index is 10.9. The largest absolute Gasteiger partial charge is 0.481 e. The van der Waals surface area contributed by atoms with Crippen LogP contribution >= 0.6 is 0 Å². The summed E-state index contributed by atoms with van der Waals surface area (Å²) in [5.41, 5.74) is 1.19. The second-order valence-corrected chi connectivity index (χ2v) is 5.00. The highest BCUT2D eigenvalue weighted by molar-refractivity contribution is 5.70. The van der Waals surface area contributed by atoms with Crippen LogP contribution in [0.2, 0.25) is 0 Å². The van der Waals surface area contributed by atoms with E-state index < -0.39 is 5.97 Å². The van der Waals surface area contributed by atoms with Gasteiger partial charge < -0.3 is 10.4 Å². The molecule has 2 rings (SSSR count). The number of rotatable bonds is 4. The van der Waals surface area contributed by atoms with Crippen LogP contribution < -0.4 is 5.32 Å². The first kappa shape index (κ1) is 13.0. The van der Waals surface area contributed by atoms with Gasteiger partial charge in [-0.3, -0.25) is 9.78 Å². The highest BCUT2D eigenvalue weighted by Crippen LogP contribution is 2.36. The van der Waals surface area contributed by atoms with Crippen LogP contribution in [0.25, 0.3) is 0 Å². The van der Waals surface area contributed by atoms with E-state index in [0.29, 0.717) is 5.92 Å². The van der Waals surface area contributed by atoms with Crippen LogP contribution in [0.4, 0.5) is 0 Å². The van der Waals surface area contributed by atoms with E-state index in [-0.39, 0.29) is 12.0 Å². The average molecular weight is 248 g/mol. The third-order valence-corrected chi connectivity index (χ3v) is 3.95. The Balaban J connectivity index is 2.01. The van der Waals surface area contributed by atoms with Crippen molar-refractivity contribution in [1.29, 1.82) is 0 Å². The molecule has 1 saturated carbocycles. The molecule has 98 valence electrons. The Bertz CT molecular complexity index is 386. The van der Waals surface area contributed by atoms with Gasteiger partial charge in [0.05, 0.1) is 5.92 Å². The standard InChI is InChI=1S/C14H20N2O2/c1-15-13(12-3-2-8-16-9-12)10-4-6-11(7-5-10)14(17)18/h2-3,8-11,13,15H,4-7H2,1H3,(H,17,18). The monoisotopic (exact) mass is 248 g/mol. The first-order valence-corrected chi connectivity index (χ1v) is 6.52. The Morgan fingerprint density at radius 1 is 1.44 bits per heavy atom. The van der Waals surface area contributed by atoms with E-state index in [4.69, 9.17) is 5.11 Å². The molecule has 4 nitrogen and oxygen atoms in total. The fourth-order valence-corrected chi connectivity index (χ4v) is 2.93. The summed E-state index contributed by atoms with van der Waals surface area (Å²) in [6.07, 6.45) is 7.19. The molecular weight excluding hydrogens is 228 g/mol. The van der Waals surface area contributed by atoms with E-state index in [1.54, 1.807) is 6.20 Å². The fourth-order valence-electron chi connectivity index (χ4n) is 2.93. The molecule has 1 aliphatic rings. The molecule has 1 aliphatic carbocycles. The summed E-state index contributed by atoms with van der Waals surface area (Å²) in [4.78, 5) is 15.1. The van der Waals surface area contributed by atoms with E-state index in [9.17, 15) is 4.79 Å². The first-order valence-electron chi connectivity index (χ1n) is 6.52. The van der Waals surface area contributed by atoms with Gasteiger partial charge in [0.1, 0.15) is 0 Å². The number of hydrogen-bond donors (Lipinski definition) is 2. The Hall–Kier alpha value is -1.42. The number of carboxylic acid groups (broad SMARTS) is 1. The molecule has 1 aromatic rings. The quantitative estimate of drug-likeness (QED) is 0.857. The molecule has 0 aliphatic heterocycles. The minimum Gasteiger partial charge on any atom is -0.481 e. The molecule has 0 radical (unpaired) electrons. The summed E-state index contributed by atoms with van der Waals surface area (Å²) in [5.74, 6) is -0.279. The smallest absolute Gasteiger partial charge is 0.306 e. The number of aliphatic carboxylic acids is 1. The van der Waals surface area contributed by atoms with Gasteiger partial charge in [0, 0.05) is 18.4 Å². The molecular formula is C14H20N2O2. The number of carbonyl (C=O) groups is 1. The normalized spacial score (nSPS) is 25.6. The van der Waals surface area contributed by atoms with Crippen LogP contribution in [-0.4, -0.2) is 23.1 Å². The number of nitrogens with one attached hydrogen (secondary N) is 1. The average Bonchev–Trinajstić information content (AvgIpc) is 2.41. The van der Waals surface area contributed by atoms with Crippen molar-refractivity contribution in [2.75, 3.05) is 7.05 Å². The predicted octanol–water partition coefficient (Wildman–Crippen LogP) is 2.23. The van der Waals surface area contributed by atoms with Gasteiger partial charge in [-0.1, -0.05) is 6.07 Å². The minimum atomic E-state index is -0.643. The second-order valence-electron chi connectivity index (χ2n) is 5.00. The lowest BCUT2D eigenvalue weighted by Crippen LogP contribution is -2.30. The molecule has 1 unspecified atom stereocenters. The topological polar surface area (TPSA) is 62.2 Å². The van der Waals surface area contributed by atoms with Crippen molar-refractivity contribution in [1.82, 2.24) is 10.3 Å². The Morgan fingerprint density at radius 2 is 2.17 bits per heavy atom. The number of pyridine rings is 1. The predicted molar refractivity (Wildman–Crippen MR) is 69.1 cm³/mol. The number of nitrogens with zero attached hydrogens (tertiary/aromatic N) is 1. The summed E-state index contributed by atoms with van der Waals surface area (Å²) < 4.78 is 0. The first-order chi connectivity index (χ1) is 8.72. The zero-order valence-electron chi connectivity index (χ0n) is 10.7. The van der Waals surface area contributed by atoms with Crippen molar-refractivity contribution in [2.24, 2.45) is 11.8 Å². The zero-order chi connectivity index (χ0) is 13.0. The molecule has 1 heterocycles. The van der Waals surface area contributed by atoms with Gasteiger partial charge in [-0.05, 0) is 50.3 Å². The van der Waals surface area contributed by atoms with E-state index in [1.807, 2.05) is 19.3 Å². The lowest BCUT2D eigenvalue weighted by atomic mass is 9.77. The summed E-state index contributed by atoms with van der Waals surface area (Å²) in [7, 11) is 1.96. The van der Waals surface area contributed by atoms with Crippen LogP contribution in [0.15, 0.2) is 24.5 Å². The Kier molecular flexibility index (Phi) is 4.31. The highest BCUT2D eigenvalue weighted by atomic mass is 16.4. The van der Waals surface area contributed by atoms with Crippen LogP contribution in [0.5, 0.6) is 0 Å². The van der Waals surface area contributed by atoms with Gasteiger partial charge in [0.2, 0.25) is 0 Å². The van der Waals surface area contributed by atoms with Crippen LogP contribution in [0, 0.1) is 11.8 Å². The number of hydrogen-bond acceptors (Lipinski definition) is 3. The minimum absolute atomic E-state index is 0.146. The van der Waals surface area contributed by atoms with Crippen molar-refractivity contribution in [3.05, 3.63) is 30.1 Å². The van der Waals surface area contributed by atoms with E-state index in [0.717, 1.165) is 25.7 Å². The molecule has 18 heavy (non-hydrogen) atoms. The maximum absolute atomic E-state index is 10.9. The van der Waals surface area contributed by atoms with Gasteiger partial charge in [0.15, 0.2) is 0 Å². The van der Waals surface area contributed by atoms with Crippen LogP contribution in [-0.2, 0) is 4.79 Å². The number of aromatic nitrogens is 1. The summed E-state index contributed by atoms with van der Waals surface area (Å²) in [6, 6.07) is 4.31. The molecule has 1 aromatic heterocycles. The molecule has 4 heteroatoms. The summed E-state index contributed by atoms with van der Waals surface area (Å²) >= 11 is 0. The van der Waals surface area contributed by atoms with Gasteiger partial charge in [-0.15, -0.1) is 0 Å².